The van der Waals surface area contributed by atoms with Crippen LogP contribution in [0.5, 0.6) is 0 Å². The number of nitrogens with one attached hydrogen (secondary N) is 1. The molecule has 33 heavy (non-hydrogen) atoms. The zero-order valence-electron chi connectivity index (χ0n) is 18.9. The molecular formula is C28H28N4O. The van der Waals surface area contributed by atoms with Gasteiger partial charge < -0.3 is 5.32 Å². The minimum absolute atomic E-state index is 0.0530. The van der Waals surface area contributed by atoms with E-state index in [0.29, 0.717) is 23.7 Å². The largest absolute Gasteiger partial charge is 0.352 e. The molecule has 0 saturated carbocycles. The minimum atomic E-state index is -0.0530. The Hall–Kier alpha value is -3.57. The van der Waals surface area contributed by atoms with E-state index < -0.39 is 0 Å². The zero-order valence-corrected chi connectivity index (χ0v) is 18.9. The van der Waals surface area contributed by atoms with Crippen LogP contribution >= 0.6 is 0 Å². The highest BCUT2D eigenvalue weighted by Crippen LogP contribution is 2.24. The van der Waals surface area contributed by atoms with E-state index >= 15 is 0 Å². The quantitative estimate of drug-likeness (QED) is 0.469. The average molecular weight is 437 g/mol. The molecule has 5 nitrogen and oxygen atoms in total. The Morgan fingerprint density at radius 2 is 1.85 bits per heavy atom. The van der Waals surface area contributed by atoms with Crippen LogP contribution in [0, 0.1) is 12.8 Å². The van der Waals surface area contributed by atoms with Crippen LogP contribution in [0.25, 0.3) is 22.3 Å². The second kappa shape index (κ2) is 9.51. The molecule has 0 bridgehead atoms. The number of rotatable bonds is 6. The Bertz CT molecular complexity index is 1250. The number of aryl methyl sites for hydroxylation is 1. The van der Waals surface area contributed by atoms with E-state index in [9.17, 15) is 4.79 Å². The van der Waals surface area contributed by atoms with Crippen molar-refractivity contribution in [3.63, 3.8) is 0 Å². The third kappa shape index (κ3) is 4.94. The van der Waals surface area contributed by atoms with E-state index in [2.05, 4.69) is 46.4 Å². The number of nitrogens with zero attached hydrogens (tertiary/aromatic N) is 3. The fourth-order valence-electron chi connectivity index (χ4n) is 4.52. The summed E-state index contributed by atoms with van der Waals surface area (Å²) in [4.78, 5) is 24.9. The average Bonchev–Trinajstić information content (AvgIpc) is 3.31. The van der Waals surface area contributed by atoms with E-state index in [1.54, 1.807) is 6.20 Å². The first-order valence-electron chi connectivity index (χ1n) is 11.5. The van der Waals surface area contributed by atoms with Gasteiger partial charge in [-0.2, -0.15) is 0 Å². The molecule has 1 aliphatic rings. The van der Waals surface area contributed by atoms with Crippen LogP contribution in [0.15, 0.2) is 79.0 Å². The Kier molecular flexibility index (Phi) is 6.13. The number of pyridine rings is 2. The number of amides is 1. The standard InChI is InChI=1S/C28H28N4O/c1-20-9-11-21(12-10-20)18-32-15-13-22(19-32)17-30-28(33)24-16-27(26-8-4-5-14-29-26)31-25-7-3-2-6-23(24)25/h2-12,14,16,22H,13,15,17-19H2,1H3,(H,30,33)/t22-/m1/s1. The van der Waals surface area contributed by atoms with Gasteiger partial charge >= 0.3 is 0 Å². The zero-order chi connectivity index (χ0) is 22.6. The number of benzene rings is 2. The van der Waals surface area contributed by atoms with Crippen LogP contribution in [0.3, 0.4) is 0 Å². The second-order valence-electron chi connectivity index (χ2n) is 8.87. The molecule has 5 rings (SSSR count). The lowest BCUT2D eigenvalue weighted by Gasteiger charge is -2.17. The van der Waals surface area contributed by atoms with Crippen molar-refractivity contribution in [3.8, 4) is 11.4 Å². The molecule has 1 amide bonds. The molecular weight excluding hydrogens is 408 g/mol. The van der Waals surface area contributed by atoms with Crippen molar-refractivity contribution in [2.24, 2.45) is 5.92 Å². The molecule has 2 aromatic carbocycles. The van der Waals surface area contributed by atoms with E-state index in [1.807, 2.05) is 48.5 Å². The van der Waals surface area contributed by atoms with Gasteiger partial charge in [-0.1, -0.05) is 54.1 Å². The van der Waals surface area contributed by atoms with Crippen molar-refractivity contribution < 1.29 is 4.79 Å². The van der Waals surface area contributed by atoms with Gasteiger partial charge in [0.05, 0.1) is 22.5 Å². The molecule has 1 aliphatic heterocycles. The molecule has 1 saturated heterocycles. The fraction of sp³-hybridized carbons (Fsp3) is 0.250. The van der Waals surface area contributed by atoms with Gasteiger partial charge in [0.25, 0.3) is 5.91 Å². The van der Waals surface area contributed by atoms with Crippen molar-refractivity contribution in [1.29, 1.82) is 0 Å². The lowest BCUT2D eigenvalue weighted by molar-refractivity contribution is 0.0949. The molecule has 0 radical (unpaired) electrons. The Labute approximate surface area is 194 Å². The van der Waals surface area contributed by atoms with Crippen LogP contribution in [0.4, 0.5) is 0 Å². The molecule has 0 unspecified atom stereocenters. The lowest BCUT2D eigenvalue weighted by atomic mass is 10.0. The number of para-hydroxylation sites is 1. The number of fused-ring (bicyclic) bond motifs is 1. The normalized spacial score (nSPS) is 16.2. The van der Waals surface area contributed by atoms with E-state index in [4.69, 9.17) is 4.98 Å². The number of aromatic nitrogens is 2. The number of carbonyl (C=O) groups excluding carboxylic acids is 1. The summed E-state index contributed by atoms with van der Waals surface area (Å²) in [6.07, 6.45) is 2.84. The van der Waals surface area contributed by atoms with Crippen molar-refractivity contribution in [2.75, 3.05) is 19.6 Å². The van der Waals surface area contributed by atoms with Gasteiger partial charge in [0, 0.05) is 31.2 Å². The third-order valence-electron chi connectivity index (χ3n) is 6.34. The van der Waals surface area contributed by atoms with Crippen molar-refractivity contribution >= 4 is 16.8 Å². The lowest BCUT2D eigenvalue weighted by Crippen LogP contribution is -2.31. The smallest absolute Gasteiger partial charge is 0.252 e. The van der Waals surface area contributed by atoms with Gasteiger partial charge in [0.15, 0.2) is 0 Å². The maximum atomic E-state index is 13.2. The highest BCUT2D eigenvalue weighted by molar-refractivity contribution is 6.07. The number of hydrogen-bond acceptors (Lipinski definition) is 4. The van der Waals surface area contributed by atoms with Gasteiger partial charge in [-0.15, -0.1) is 0 Å². The van der Waals surface area contributed by atoms with Crippen molar-refractivity contribution in [3.05, 3.63) is 95.7 Å². The van der Waals surface area contributed by atoms with Gasteiger partial charge in [-0.3, -0.25) is 14.7 Å². The summed E-state index contributed by atoms with van der Waals surface area (Å²) in [7, 11) is 0. The maximum Gasteiger partial charge on any atom is 0.252 e. The molecule has 1 atom stereocenters. The Balaban J connectivity index is 1.27. The molecule has 5 heteroatoms. The van der Waals surface area contributed by atoms with Crippen LogP contribution in [-0.2, 0) is 6.54 Å². The number of likely N-dealkylation sites (tertiary alicyclic amines) is 1. The highest BCUT2D eigenvalue weighted by atomic mass is 16.1. The number of hydrogen-bond donors (Lipinski definition) is 1. The third-order valence-corrected chi connectivity index (χ3v) is 6.34. The topological polar surface area (TPSA) is 58.1 Å². The monoisotopic (exact) mass is 436 g/mol. The van der Waals surface area contributed by atoms with Crippen LogP contribution in [0.2, 0.25) is 0 Å². The van der Waals surface area contributed by atoms with Crippen LogP contribution in [0.1, 0.15) is 27.9 Å². The second-order valence-corrected chi connectivity index (χ2v) is 8.87. The summed E-state index contributed by atoms with van der Waals surface area (Å²) >= 11 is 0. The van der Waals surface area contributed by atoms with Gasteiger partial charge in [-0.25, -0.2) is 4.98 Å². The molecule has 166 valence electrons. The van der Waals surface area contributed by atoms with Crippen LogP contribution < -0.4 is 5.32 Å². The molecule has 0 spiro atoms. The van der Waals surface area contributed by atoms with Crippen LogP contribution in [-0.4, -0.2) is 40.4 Å². The predicted octanol–water partition coefficient (Wildman–Crippen LogP) is 4.86. The molecule has 2 aromatic heterocycles. The summed E-state index contributed by atoms with van der Waals surface area (Å²) in [6, 6.07) is 24.1. The van der Waals surface area contributed by atoms with E-state index in [1.165, 1.54) is 11.1 Å². The molecule has 4 aromatic rings. The van der Waals surface area contributed by atoms with Crippen molar-refractivity contribution in [2.45, 2.75) is 19.9 Å². The molecule has 1 fully saturated rings. The molecule has 0 aliphatic carbocycles. The number of carbonyl (C=O) groups is 1. The van der Waals surface area contributed by atoms with E-state index in [-0.39, 0.29) is 5.91 Å². The van der Waals surface area contributed by atoms with Gasteiger partial charge in [0.2, 0.25) is 0 Å². The molecule has 1 N–H and O–H groups in total. The highest BCUT2D eigenvalue weighted by Gasteiger charge is 2.23. The Morgan fingerprint density at radius 1 is 1.03 bits per heavy atom. The summed E-state index contributed by atoms with van der Waals surface area (Å²) in [5.74, 6) is 0.408. The first-order valence-corrected chi connectivity index (χ1v) is 11.5. The van der Waals surface area contributed by atoms with Gasteiger partial charge in [-0.05, 0) is 55.6 Å². The first kappa shape index (κ1) is 21.3. The minimum Gasteiger partial charge on any atom is -0.352 e. The summed E-state index contributed by atoms with van der Waals surface area (Å²) in [6.45, 7) is 5.83. The maximum absolute atomic E-state index is 13.2. The fourth-order valence-corrected chi connectivity index (χ4v) is 4.52. The SMILES string of the molecule is Cc1ccc(CN2CC[C@H](CNC(=O)c3cc(-c4ccccn4)nc4ccccc34)C2)cc1. The summed E-state index contributed by atoms with van der Waals surface area (Å²) < 4.78 is 0. The summed E-state index contributed by atoms with van der Waals surface area (Å²) in [5, 5.41) is 4.05. The van der Waals surface area contributed by atoms with Crippen molar-refractivity contribution in [1.82, 2.24) is 20.2 Å². The first-order chi connectivity index (χ1) is 16.2. The van der Waals surface area contributed by atoms with Gasteiger partial charge in [0.1, 0.15) is 0 Å². The predicted molar refractivity (Wildman–Crippen MR) is 132 cm³/mol. The molecule has 3 heterocycles. The Morgan fingerprint density at radius 3 is 2.67 bits per heavy atom. The summed E-state index contributed by atoms with van der Waals surface area (Å²) in [5.41, 5.74) is 5.56. The van der Waals surface area contributed by atoms with E-state index in [0.717, 1.165) is 42.7 Å².